The summed E-state index contributed by atoms with van der Waals surface area (Å²) < 4.78 is 5.06. The Morgan fingerprint density at radius 1 is 0.500 bits per heavy atom. The molecule has 2 heteroatoms. The van der Waals surface area contributed by atoms with E-state index in [1.54, 1.807) is 0 Å². The zero-order valence-corrected chi connectivity index (χ0v) is 35.9. The Balaban J connectivity index is 0.000000495. The van der Waals surface area contributed by atoms with E-state index in [1.165, 1.54) is 102 Å². The number of fused-ring (bicyclic) bond motifs is 13. The fraction of sp³-hybridized carbons (Fsp3) is 0.0667. The van der Waals surface area contributed by atoms with Crippen LogP contribution in [0.25, 0.3) is 114 Å². The number of benzene rings is 9. The quantitative estimate of drug-likeness (QED) is 0.156. The van der Waals surface area contributed by atoms with Crippen molar-refractivity contribution in [2.24, 2.45) is 0 Å². The molecule has 11 aromatic rings. The van der Waals surface area contributed by atoms with Gasteiger partial charge in [-0.3, -0.25) is 0 Å². The molecule has 296 valence electrons. The van der Waals surface area contributed by atoms with Crippen LogP contribution in [0, 0.1) is 0 Å². The van der Waals surface area contributed by atoms with Gasteiger partial charge in [0.1, 0.15) is 0 Å². The number of rotatable bonds is 4. The van der Waals surface area contributed by atoms with Crippen LogP contribution in [0.2, 0.25) is 0 Å². The molecule has 0 unspecified atom stereocenters. The van der Waals surface area contributed by atoms with Crippen molar-refractivity contribution < 1.29 is 0 Å². The highest BCUT2D eigenvalue weighted by Crippen LogP contribution is 2.51. The number of thiophene rings is 1. The van der Waals surface area contributed by atoms with Gasteiger partial charge in [-0.05, 0) is 138 Å². The molecule has 9 aromatic carbocycles. The summed E-state index contributed by atoms with van der Waals surface area (Å²) in [6.45, 7) is 12.6. The summed E-state index contributed by atoms with van der Waals surface area (Å²) in [6, 6.07) is 59.8. The summed E-state index contributed by atoms with van der Waals surface area (Å²) in [7, 11) is 0. The summed E-state index contributed by atoms with van der Waals surface area (Å²) in [4.78, 5) is 0. The Kier molecular flexibility index (Phi) is 9.33. The Bertz CT molecular complexity index is 3620. The summed E-state index contributed by atoms with van der Waals surface area (Å²) in [5.74, 6) is 0. The number of allylic oxidation sites excluding steroid dienone is 4. The van der Waals surface area contributed by atoms with E-state index in [2.05, 4.69) is 157 Å². The minimum absolute atomic E-state index is 1.05. The molecule has 2 aliphatic rings. The lowest BCUT2D eigenvalue weighted by molar-refractivity contribution is 1.06. The Hall–Kier alpha value is -7.26. The van der Waals surface area contributed by atoms with Gasteiger partial charge in [0.05, 0.1) is 11.2 Å². The van der Waals surface area contributed by atoms with Crippen molar-refractivity contribution in [1.29, 1.82) is 0 Å². The highest BCUT2D eigenvalue weighted by Gasteiger charge is 2.26. The monoisotopic (exact) mass is 811 g/mol. The van der Waals surface area contributed by atoms with E-state index in [0.717, 1.165) is 35.3 Å². The van der Waals surface area contributed by atoms with E-state index in [0.29, 0.717) is 0 Å². The molecule has 0 spiro atoms. The standard InChI is InChI=1S/C52H33NS.C6H6.C2H6/c1-3-33-44-26-30(31-21-25-49-46(27-31)52-42-19-11-18-41-37-15-8-10-17-39(37)45(51(41)42)29-50(52)54-49)20-24-48(44)53(47(33)4-2)32-22-23-40-36-14-6-5-12-34(36)35-13-7-9-16-38(35)43(40)28-32;1-2-4-6-5-3-1;1-2/h3-9,11-16,18-29H,1-2,10,17H2;1-6H;1-2H3. The third-order valence-electron chi connectivity index (χ3n) is 12.8. The molecule has 0 radical (unpaired) electrons. The van der Waals surface area contributed by atoms with Crippen LogP contribution in [0.15, 0.2) is 189 Å². The number of nitrogens with zero attached hydrogens (tertiary/aromatic N) is 1. The molecule has 13 rings (SSSR count). The minimum atomic E-state index is 1.05. The van der Waals surface area contributed by atoms with Crippen LogP contribution in [-0.2, 0) is 0 Å². The van der Waals surface area contributed by atoms with Crippen molar-refractivity contribution in [3.63, 3.8) is 0 Å². The summed E-state index contributed by atoms with van der Waals surface area (Å²) in [5, 5.41) is 14.3. The molecule has 2 aliphatic carbocycles. The normalized spacial score (nSPS) is 12.9. The fourth-order valence-electron chi connectivity index (χ4n) is 10.2. The van der Waals surface area contributed by atoms with E-state index in [4.69, 9.17) is 0 Å². The third kappa shape index (κ3) is 5.75. The van der Waals surface area contributed by atoms with Gasteiger partial charge in [0.25, 0.3) is 0 Å². The fourth-order valence-corrected chi connectivity index (χ4v) is 11.4. The zero-order valence-electron chi connectivity index (χ0n) is 35.1. The zero-order chi connectivity index (χ0) is 41.9. The van der Waals surface area contributed by atoms with Gasteiger partial charge in [-0.1, -0.05) is 167 Å². The molecule has 0 N–H and O–H groups in total. The Morgan fingerprint density at radius 3 is 1.81 bits per heavy atom. The predicted molar refractivity (Wildman–Crippen MR) is 275 cm³/mol. The van der Waals surface area contributed by atoms with Crippen molar-refractivity contribution in [2.45, 2.75) is 26.7 Å². The maximum atomic E-state index is 4.30. The Morgan fingerprint density at radius 2 is 1.13 bits per heavy atom. The second-order valence-electron chi connectivity index (χ2n) is 15.9. The maximum absolute atomic E-state index is 4.30. The summed E-state index contributed by atoms with van der Waals surface area (Å²) in [6.07, 6.45) is 10.9. The lowest BCUT2D eigenvalue weighted by Crippen LogP contribution is -1.97. The van der Waals surface area contributed by atoms with E-state index >= 15 is 0 Å². The van der Waals surface area contributed by atoms with Gasteiger partial charge in [-0.15, -0.1) is 11.3 Å². The summed E-state index contributed by atoms with van der Waals surface area (Å²) >= 11 is 1.92. The lowest BCUT2D eigenvalue weighted by Gasteiger charge is -2.14. The molecule has 2 aromatic heterocycles. The molecule has 62 heavy (non-hydrogen) atoms. The lowest BCUT2D eigenvalue weighted by atomic mass is 9.94. The van der Waals surface area contributed by atoms with Crippen LogP contribution in [0.4, 0.5) is 0 Å². The van der Waals surface area contributed by atoms with E-state index in [9.17, 15) is 0 Å². The highest BCUT2D eigenvalue weighted by molar-refractivity contribution is 7.26. The highest BCUT2D eigenvalue weighted by atomic mass is 32.1. The third-order valence-corrected chi connectivity index (χ3v) is 13.9. The molecule has 0 amide bonds. The first kappa shape index (κ1) is 37.7. The van der Waals surface area contributed by atoms with Crippen LogP contribution in [0.3, 0.4) is 0 Å². The van der Waals surface area contributed by atoms with Gasteiger partial charge in [0.2, 0.25) is 0 Å². The minimum Gasteiger partial charge on any atom is -0.309 e. The smallest absolute Gasteiger partial charge is 0.0541 e. The first-order valence-corrected chi connectivity index (χ1v) is 22.6. The van der Waals surface area contributed by atoms with E-state index < -0.39 is 0 Å². The second-order valence-corrected chi connectivity index (χ2v) is 17.0. The average molecular weight is 812 g/mol. The van der Waals surface area contributed by atoms with Gasteiger partial charge in [0, 0.05) is 36.8 Å². The van der Waals surface area contributed by atoms with Crippen LogP contribution >= 0.6 is 11.3 Å². The largest absolute Gasteiger partial charge is 0.309 e. The molecular formula is C60H45NS. The molecule has 0 fully saturated rings. The number of aromatic nitrogens is 1. The second kappa shape index (κ2) is 15.3. The van der Waals surface area contributed by atoms with Crippen LogP contribution < -0.4 is 0 Å². The van der Waals surface area contributed by atoms with Gasteiger partial charge < -0.3 is 4.57 Å². The molecule has 1 nitrogen and oxygen atoms in total. The van der Waals surface area contributed by atoms with Crippen LogP contribution in [-0.4, -0.2) is 4.57 Å². The molecule has 0 saturated carbocycles. The predicted octanol–water partition coefficient (Wildman–Crippen LogP) is 17.9. The molecule has 0 aliphatic heterocycles. The van der Waals surface area contributed by atoms with E-state index in [-0.39, 0.29) is 0 Å². The van der Waals surface area contributed by atoms with Gasteiger partial charge in [0.15, 0.2) is 0 Å². The van der Waals surface area contributed by atoms with Crippen molar-refractivity contribution in [1.82, 2.24) is 4.57 Å². The maximum Gasteiger partial charge on any atom is 0.0541 e. The number of hydrogen-bond acceptors (Lipinski definition) is 1. The molecule has 0 bridgehead atoms. The van der Waals surface area contributed by atoms with Crippen molar-refractivity contribution in [3.05, 3.63) is 211 Å². The van der Waals surface area contributed by atoms with Gasteiger partial charge in [-0.25, -0.2) is 0 Å². The van der Waals surface area contributed by atoms with Crippen molar-refractivity contribution >= 4 is 109 Å². The molecule has 2 heterocycles. The average Bonchev–Trinajstić information content (AvgIpc) is 4.00. The topological polar surface area (TPSA) is 4.93 Å². The van der Waals surface area contributed by atoms with Gasteiger partial charge in [-0.2, -0.15) is 0 Å². The van der Waals surface area contributed by atoms with Crippen LogP contribution in [0.5, 0.6) is 0 Å². The first-order chi connectivity index (χ1) is 30.7. The SMILES string of the molecule is C=Cc1c(C=C)n(-c2ccc3c4ccccc4c4ccccc4c3c2)c2ccc(-c3ccc4sc5cc6c7c(cccc7c5c4c3)C3=C6CCC=C3)cc12.CC.c1ccccc1. The number of hydrogen-bond donors (Lipinski definition) is 0. The Labute approximate surface area is 366 Å². The molecule has 0 saturated heterocycles. The van der Waals surface area contributed by atoms with Crippen LogP contribution in [0.1, 0.15) is 49.1 Å². The molecule has 0 atom stereocenters. The van der Waals surface area contributed by atoms with Crippen molar-refractivity contribution in [2.75, 3.05) is 0 Å². The van der Waals surface area contributed by atoms with Gasteiger partial charge >= 0.3 is 0 Å². The molecular weight excluding hydrogens is 767 g/mol. The first-order valence-electron chi connectivity index (χ1n) is 21.8. The summed E-state index contributed by atoms with van der Waals surface area (Å²) in [5.41, 5.74) is 12.6. The van der Waals surface area contributed by atoms with Crippen molar-refractivity contribution in [3.8, 4) is 16.8 Å². The van der Waals surface area contributed by atoms with E-state index in [1.807, 2.05) is 73.7 Å².